The highest BCUT2D eigenvalue weighted by Crippen LogP contribution is 2.13. The Bertz CT molecular complexity index is 726. The molecule has 0 aromatic carbocycles. The van der Waals surface area contributed by atoms with Gasteiger partial charge in [0, 0.05) is 6.42 Å². The molecule has 0 bridgehead atoms. The maximum atomic E-state index is 12.3. The van der Waals surface area contributed by atoms with Gasteiger partial charge in [-0.1, -0.05) is 159 Å². The van der Waals surface area contributed by atoms with Crippen LogP contribution in [0.4, 0.5) is 0 Å². The summed E-state index contributed by atoms with van der Waals surface area (Å²) in [6, 6.07) is -0.646. The molecule has 0 radical (unpaired) electrons. The van der Waals surface area contributed by atoms with Crippen LogP contribution in [0.15, 0.2) is 48.6 Å². The lowest BCUT2D eigenvalue weighted by atomic mass is 10.1. The van der Waals surface area contributed by atoms with Crippen LogP contribution in [0.5, 0.6) is 0 Å². The Morgan fingerprint density at radius 1 is 0.511 bits per heavy atom. The van der Waals surface area contributed by atoms with Crippen molar-refractivity contribution < 1.29 is 15.0 Å². The van der Waals surface area contributed by atoms with E-state index >= 15 is 0 Å². The first kappa shape index (κ1) is 43.4. The van der Waals surface area contributed by atoms with E-state index in [1.54, 1.807) is 6.08 Å². The van der Waals surface area contributed by atoms with Crippen molar-refractivity contribution in [3.8, 4) is 0 Å². The summed E-state index contributed by atoms with van der Waals surface area (Å²) >= 11 is 0. The number of carbonyl (C=O) groups is 1. The molecule has 45 heavy (non-hydrogen) atoms. The van der Waals surface area contributed by atoms with E-state index in [1.807, 2.05) is 6.08 Å². The van der Waals surface area contributed by atoms with Crippen molar-refractivity contribution in [3.05, 3.63) is 48.6 Å². The van der Waals surface area contributed by atoms with Crippen molar-refractivity contribution >= 4 is 5.91 Å². The summed E-state index contributed by atoms with van der Waals surface area (Å²) < 4.78 is 0. The lowest BCUT2D eigenvalue weighted by Gasteiger charge is -2.19. The third-order valence-electron chi connectivity index (χ3n) is 8.51. The van der Waals surface area contributed by atoms with Crippen LogP contribution in [0.1, 0.15) is 187 Å². The van der Waals surface area contributed by atoms with E-state index in [4.69, 9.17) is 0 Å². The highest BCUT2D eigenvalue weighted by molar-refractivity contribution is 5.76. The van der Waals surface area contributed by atoms with Crippen LogP contribution in [0.25, 0.3) is 0 Å². The Hall–Kier alpha value is -1.65. The van der Waals surface area contributed by atoms with E-state index in [2.05, 4.69) is 55.6 Å². The number of unbranched alkanes of at least 4 members (excludes halogenated alkanes) is 21. The molecule has 0 spiro atoms. The molecule has 0 rings (SSSR count). The largest absolute Gasteiger partial charge is 0.394 e. The highest BCUT2D eigenvalue weighted by atomic mass is 16.3. The van der Waals surface area contributed by atoms with Crippen molar-refractivity contribution in [3.63, 3.8) is 0 Å². The molecule has 0 aliphatic carbocycles. The molecule has 4 nitrogen and oxygen atoms in total. The molecular formula is C41H75NO3. The van der Waals surface area contributed by atoms with E-state index in [-0.39, 0.29) is 12.5 Å². The molecule has 4 heteroatoms. The molecule has 262 valence electrons. The van der Waals surface area contributed by atoms with Gasteiger partial charge in [0.25, 0.3) is 0 Å². The van der Waals surface area contributed by atoms with Crippen LogP contribution < -0.4 is 5.32 Å². The molecule has 0 fully saturated rings. The fourth-order valence-electron chi connectivity index (χ4n) is 5.50. The smallest absolute Gasteiger partial charge is 0.220 e. The predicted molar refractivity (Wildman–Crippen MR) is 198 cm³/mol. The topological polar surface area (TPSA) is 69.6 Å². The minimum atomic E-state index is -0.870. The van der Waals surface area contributed by atoms with Crippen LogP contribution in [0.3, 0.4) is 0 Å². The number of allylic oxidation sites excluding steroid dienone is 7. The number of hydrogen-bond donors (Lipinski definition) is 3. The molecule has 0 aromatic heterocycles. The number of rotatable bonds is 34. The number of amides is 1. The summed E-state index contributed by atoms with van der Waals surface area (Å²) in [4.78, 5) is 12.3. The number of nitrogens with one attached hydrogen (secondary N) is 1. The van der Waals surface area contributed by atoms with Gasteiger partial charge in [0.05, 0.1) is 18.8 Å². The average molecular weight is 630 g/mol. The van der Waals surface area contributed by atoms with Gasteiger partial charge in [-0.2, -0.15) is 0 Å². The Labute approximate surface area is 280 Å². The van der Waals surface area contributed by atoms with Crippen LogP contribution in [-0.2, 0) is 4.79 Å². The second-order valence-corrected chi connectivity index (χ2v) is 13.0. The molecule has 2 atom stereocenters. The first-order valence-electron chi connectivity index (χ1n) is 19.4. The van der Waals surface area contributed by atoms with Gasteiger partial charge < -0.3 is 15.5 Å². The van der Waals surface area contributed by atoms with Gasteiger partial charge in [0.15, 0.2) is 0 Å². The Morgan fingerprint density at radius 3 is 1.33 bits per heavy atom. The van der Waals surface area contributed by atoms with E-state index in [0.717, 1.165) is 38.5 Å². The second kappa shape index (κ2) is 36.8. The van der Waals surface area contributed by atoms with Crippen molar-refractivity contribution in [2.45, 2.75) is 199 Å². The van der Waals surface area contributed by atoms with E-state index in [0.29, 0.717) is 6.42 Å². The third-order valence-corrected chi connectivity index (χ3v) is 8.51. The molecule has 0 saturated carbocycles. The SMILES string of the molecule is CCCCC/C=C/CC/C=C/CC/C=C/C(O)C(CO)NC(=O)CCCCCCCCC/C=C\CCCCCCCCCCC. The minimum Gasteiger partial charge on any atom is -0.394 e. The summed E-state index contributed by atoms with van der Waals surface area (Å²) in [6.07, 6.45) is 49.1. The second-order valence-electron chi connectivity index (χ2n) is 13.0. The zero-order chi connectivity index (χ0) is 32.9. The van der Waals surface area contributed by atoms with Crippen LogP contribution in [0, 0.1) is 0 Å². The first-order chi connectivity index (χ1) is 22.2. The van der Waals surface area contributed by atoms with Crippen molar-refractivity contribution in [2.24, 2.45) is 0 Å². The summed E-state index contributed by atoms with van der Waals surface area (Å²) in [7, 11) is 0. The van der Waals surface area contributed by atoms with E-state index < -0.39 is 12.1 Å². The summed E-state index contributed by atoms with van der Waals surface area (Å²) in [5, 5.41) is 22.9. The summed E-state index contributed by atoms with van der Waals surface area (Å²) in [6.45, 7) is 4.25. The molecule has 0 aliphatic rings. The summed E-state index contributed by atoms with van der Waals surface area (Å²) in [5.74, 6) is -0.0851. The Balaban J connectivity index is 3.65. The number of carbonyl (C=O) groups excluding carboxylic acids is 1. The standard InChI is InChI=1S/C41H75NO3/c1-3-5-7-9-11-13-15-17-18-19-20-21-22-23-25-27-29-31-33-35-37-41(45)42-39(38-43)40(44)36-34-32-30-28-26-24-16-14-12-10-8-6-4-2/h12,14,20-21,26,28,34,36,39-40,43-44H,3-11,13,15-19,22-25,27,29-33,35,37-38H2,1-2H3,(H,42,45)/b14-12+,21-20-,28-26+,36-34+. The van der Waals surface area contributed by atoms with E-state index in [1.165, 1.54) is 128 Å². The zero-order valence-corrected chi connectivity index (χ0v) is 29.9. The van der Waals surface area contributed by atoms with Gasteiger partial charge in [-0.15, -0.1) is 0 Å². The van der Waals surface area contributed by atoms with Gasteiger partial charge >= 0.3 is 0 Å². The summed E-state index contributed by atoms with van der Waals surface area (Å²) in [5.41, 5.74) is 0. The van der Waals surface area contributed by atoms with Gasteiger partial charge in [-0.25, -0.2) is 0 Å². The Morgan fingerprint density at radius 2 is 0.867 bits per heavy atom. The maximum Gasteiger partial charge on any atom is 0.220 e. The highest BCUT2D eigenvalue weighted by Gasteiger charge is 2.17. The van der Waals surface area contributed by atoms with Gasteiger partial charge in [0.1, 0.15) is 0 Å². The van der Waals surface area contributed by atoms with Crippen molar-refractivity contribution in [1.29, 1.82) is 0 Å². The van der Waals surface area contributed by atoms with Crippen molar-refractivity contribution in [2.75, 3.05) is 6.61 Å². The lowest BCUT2D eigenvalue weighted by Crippen LogP contribution is -2.45. The Kier molecular flexibility index (Phi) is 35.5. The number of hydrogen-bond acceptors (Lipinski definition) is 3. The molecule has 0 heterocycles. The van der Waals surface area contributed by atoms with Gasteiger partial charge in [-0.05, 0) is 70.6 Å². The first-order valence-corrected chi connectivity index (χ1v) is 19.4. The lowest BCUT2D eigenvalue weighted by molar-refractivity contribution is -0.123. The van der Waals surface area contributed by atoms with E-state index in [9.17, 15) is 15.0 Å². The number of aliphatic hydroxyl groups excluding tert-OH is 2. The van der Waals surface area contributed by atoms with Crippen LogP contribution >= 0.6 is 0 Å². The minimum absolute atomic E-state index is 0.0851. The fraction of sp³-hybridized carbons (Fsp3) is 0.780. The van der Waals surface area contributed by atoms with Crippen LogP contribution in [0.2, 0.25) is 0 Å². The zero-order valence-electron chi connectivity index (χ0n) is 29.9. The monoisotopic (exact) mass is 630 g/mol. The molecule has 0 saturated heterocycles. The predicted octanol–water partition coefficient (Wildman–Crippen LogP) is 11.6. The third kappa shape index (κ3) is 33.5. The fourth-order valence-corrected chi connectivity index (χ4v) is 5.50. The molecule has 0 aromatic rings. The molecule has 0 aliphatic heterocycles. The normalized spacial score (nSPS) is 13.6. The molecule has 2 unspecified atom stereocenters. The number of aliphatic hydroxyl groups is 2. The van der Waals surface area contributed by atoms with Gasteiger partial charge in [0.2, 0.25) is 5.91 Å². The quantitative estimate of drug-likeness (QED) is 0.0490. The van der Waals surface area contributed by atoms with Crippen molar-refractivity contribution in [1.82, 2.24) is 5.32 Å². The molecule has 1 amide bonds. The maximum absolute atomic E-state index is 12.3. The van der Waals surface area contributed by atoms with Crippen LogP contribution in [-0.4, -0.2) is 34.9 Å². The van der Waals surface area contributed by atoms with Gasteiger partial charge in [-0.3, -0.25) is 4.79 Å². The molecular weight excluding hydrogens is 554 g/mol. The molecule has 3 N–H and O–H groups in total. The average Bonchev–Trinajstić information content (AvgIpc) is 3.04.